The number of benzene rings is 2. The van der Waals surface area contributed by atoms with Crippen LogP contribution in [0.5, 0.6) is 5.75 Å². The van der Waals surface area contributed by atoms with E-state index < -0.39 is 58.6 Å². The molecule has 3 amide bonds. The number of esters is 1. The Morgan fingerprint density at radius 1 is 0.933 bits per heavy atom. The van der Waals surface area contributed by atoms with Crippen molar-refractivity contribution in [2.75, 3.05) is 25.6 Å². The van der Waals surface area contributed by atoms with Gasteiger partial charge >= 0.3 is 11.9 Å². The van der Waals surface area contributed by atoms with Crippen LogP contribution in [0.15, 0.2) is 59.6 Å². The van der Waals surface area contributed by atoms with Crippen molar-refractivity contribution in [1.29, 1.82) is 0 Å². The Morgan fingerprint density at radius 3 is 2.09 bits per heavy atom. The molecule has 0 radical (unpaired) electrons. The van der Waals surface area contributed by atoms with Crippen LogP contribution in [0.3, 0.4) is 0 Å². The molecule has 5 N–H and O–H groups in total. The normalized spacial score (nSPS) is 13.9. The van der Waals surface area contributed by atoms with Crippen molar-refractivity contribution < 1.29 is 38.0 Å². The van der Waals surface area contributed by atoms with Crippen LogP contribution in [0, 0.1) is 0 Å². The number of amides is 3. The van der Waals surface area contributed by atoms with E-state index in [1.807, 2.05) is 6.07 Å². The Kier molecular flexibility index (Phi) is 14.9. The fourth-order valence-electron chi connectivity index (χ4n) is 4.31. The van der Waals surface area contributed by atoms with E-state index in [0.29, 0.717) is 11.3 Å². The monoisotopic (exact) mass is 643 g/mol. The van der Waals surface area contributed by atoms with Crippen molar-refractivity contribution in [2.24, 2.45) is 10.7 Å². The summed E-state index contributed by atoms with van der Waals surface area (Å²) in [5, 5.41) is 14.5. The minimum atomic E-state index is -1.29. The van der Waals surface area contributed by atoms with Gasteiger partial charge in [0.05, 0.1) is 12.3 Å². The average molecular weight is 644 g/mol. The third-order valence-corrected chi connectivity index (χ3v) is 7.35. The minimum absolute atomic E-state index is 0.0108. The molecule has 45 heavy (non-hydrogen) atoms. The standard InChI is InChI=1S/C31H41N5O8S/c1-20(32)33-26(18-23-10-12-24(13-11-23)44-21(2)37)30(41)34-25(15-17-45(4)43)29(40)35-27(19-22-8-6-5-7-9-22)31(42)36(3)16-14-28(38)39/h5-13,25-27H,14-19H2,1-4H3,(H2,32,33)(H,34,41)(H,35,40)(H,38,39)/t25-,26+,27+,45?/m1/s1. The molecule has 244 valence electrons. The summed E-state index contributed by atoms with van der Waals surface area (Å²) in [6.45, 7) is 2.74. The summed E-state index contributed by atoms with van der Waals surface area (Å²) in [5.41, 5.74) is 7.25. The van der Waals surface area contributed by atoms with Gasteiger partial charge in [-0.25, -0.2) is 0 Å². The molecule has 0 bridgehead atoms. The molecule has 1 unspecified atom stereocenters. The summed E-state index contributed by atoms with van der Waals surface area (Å²) < 4.78 is 17.0. The van der Waals surface area contributed by atoms with Gasteiger partial charge in [-0.3, -0.25) is 33.2 Å². The molecule has 4 atom stereocenters. The quantitative estimate of drug-likeness (QED) is 0.0834. The number of carbonyl (C=O) groups is 5. The summed E-state index contributed by atoms with van der Waals surface area (Å²) in [6.07, 6.45) is 1.44. The number of carboxylic acids is 1. The first kappa shape index (κ1) is 36.6. The van der Waals surface area contributed by atoms with Crippen LogP contribution in [0.4, 0.5) is 0 Å². The zero-order chi connectivity index (χ0) is 33.5. The lowest BCUT2D eigenvalue weighted by atomic mass is 10.0. The number of hydrogen-bond donors (Lipinski definition) is 4. The molecule has 2 rings (SSSR count). The molecule has 2 aromatic carbocycles. The maximum atomic E-state index is 13.6. The molecule has 0 fully saturated rings. The molecule has 0 saturated carbocycles. The third-order valence-electron chi connectivity index (χ3n) is 6.54. The number of nitrogens with two attached hydrogens (primary N) is 1. The maximum absolute atomic E-state index is 13.6. The second-order valence-corrected chi connectivity index (χ2v) is 12.1. The summed E-state index contributed by atoms with van der Waals surface area (Å²) in [7, 11) is 0.161. The highest BCUT2D eigenvalue weighted by Gasteiger charge is 2.30. The number of aliphatic imine (C=N–C) groups is 1. The predicted molar refractivity (Wildman–Crippen MR) is 170 cm³/mol. The number of ether oxygens (including phenoxy) is 1. The summed E-state index contributed by atoms with van der Waals surface area (Å²) in [6, 6.07) is 12.2. The zero-order valence-corrected chi connectivity index (χ0v) is 26.7. The lowest BCUT2D eigenvalue weighted by Gasteiger charge is -2.27. The van der Waals surface area contributed by atoms with Gasteiger partial charge in [0, 0.05) is 56.2 Å². The molecule has 14 heteroatoms. The minimum Gasteiger partial charge on any atom is -0.481 e. The Balaban J connectivity index is 2.29. The van der Waals surface area contributed by atoms with E-state index in [2.05, 4.69) is 15.6 Å². The van der Waals surface area contributed by atoms with Gasteiger partial charge in [-0.15, -0.1) is 0 Å². The molecule has 0 aliphatic heterocycles. The Bertz CT molecular complexity index is 1380. The first-order valence-corrected chi connectivity index (χ1v) is 16.0. The fourth-order valence-corrected chi connectivity index (χ4v) is 4.88. The average Bonchev–Trinajstić information content (AvgIpc) is 2.97. The van der Waals surface area contributed by atoms with E-state index in [9.17, 15) is 28.2 Å². The zero-order valence-electron chi connectivity index (χ0n) is 25.9. The van der Waals surface area contributed by atoms with Gasteiger partial charge in [0.25, 0.3) is 0 Å². The molecule has 0 aliphatic rings. The van der Waals surface area contributed by atoms with Gasteiger partial charge < -0.3 is 31.1 Å². The van der Waals surface area contributed by atoms with Crippen molar-refractivity contribution >= 4 is 46.3 Å². The van der Waals surface area contributed by atoms with Crippen LogP contribution in [-0.4, -0.2) is 93.4 Å². The predicted octanol–water partition coefficient (Wildman–Crippen LogP) is 0.814. The van der Waals surface area contributed by atoms with Crippen LogP contribution in [0.1, 0.15) is 37.8 Å². The molecule has 0 heterocycles. The number of rotatable bonds is 17. The van der Waals surface area contributed by atoms with Gasteiger partial charge in [-0.1, -0.05) is 42.5 Å². The van der Waals surface area contributed by atoms with Crippen LogP contribution in [0.2, 0.25) is 0 Å². The molecular formula is C31H41N5O8S. The van der Waals surface area contributed by atoms with Crippen molar-refractivity contribution in [3.63, 3.8) is 0 Å². The Morgan fingerprint density at radius 2 is 1.53 bits per heavy atom. The van der Waals surface area contributed by atoms with E-state index >= 15 is 0 Å². The number of likely N-dealkylation sites (N-methyl/N-ethyl adjacent to an activating group) is 1. The Hall–Kier alpha value is -4.59. The summed E-state index contributed by atoms with van der Waals surface area (Å²) in [5.74, 6) is -2.77. The van der Waals surface area contributed by atoms with Gasteiger partial charge in [0.1, 0.15) is 23.9 Å². The number of amidine groups is 1. The van der Waals surface area contributed by atoms with E-state index in [4.69, 9.17) is 15.6 Å². The highest BCUT2D eigenvalue weighted by atomic mass is 32.2. The maximum Gasteiger partial charge on any atom is 0.308 e. The topological polar surface area (TPSA) is 198 Å². The van der Waals surface area contributed by atoms with Crippen molar-refractivity contribution in [3.05, 3.63) is 65.7 Å². The van der Waals surface area contributed by atoms with Crippen LogP contribution in [0.25, 0.3) is 0 Å². The summed E-state index contributed by atoms with van der Waals surface area (Å²) >= 11 is 0. The second-order valence-electron chi connectivity index (χ2n) is 10.5. The number of nitrogens with zero attached hydrogens (tertiary/aromatic N) is 2. The fraction of sp³-hybridized carbons (Fsp3) is 0.419. The molecule has 0 aliphatic carbocycles. The second kappa shape index (κ2) is 18.3. The third kappa shape index (κ3) is 13.7. The Labute approximate surface area is 265 Å². The van der Waals surface area contributed by atoms with Gasteiger partial charge in [-0.05, 0) is 36.6 Å². The number of nitrogens with one attached hydrogen (secondary N) is 2. The van der Waals surface area contributed by atoms with E-state index in [0.717, 1.165) is 5.56 Å². The first-order chi connectivity index (χ1) is 21.2. The highest BCUT2D eigenvalue weighted by molar-refractivity contribution is 7.84. The number of aliphatic carboxylic acids is 1. The van der Waals surface area contributed by atoms with Crippen molar-refractivity contribution in [2.45, 2.75) is 57.7 Å². The lowest BCUT2D eigenvalue weighted by Crippen LogP contribution is -2.56. The van der Waals surface area contributed by atoms with E-state index in [-0.39, 0.29) is 43.8 Å². The molecule has 13 nitrogen and oxygen atoms in total. The van der Waals surface area contributed by atoms with E-state index in [1.165, 1.54) is 32.1 Å². The van der Waals surface area contributed by atoms with Crippen LogP contribution in [-0.2, 0) is 47.6 Å². The molecule has 0 aromatic heterocycles. The van der Waals surface area contributed by atoms with E-state index in [1.54, 1.807) is 48.5 Å². The van der Waals surface area contributed by atoms with Crippen molar-refractivity contribution in [1.82, 2.24) is 15.5 Å². The van der Waals surface area contributed by atoms with Gasteiger partial charge in [0.2, 0.25) is 17.7 Å². The van der Waals surface area contributed by atoms with Gasteiger partial charge in [0.15, 0.2) is 0 Å². The highest BCUT2D eigenvalue weighted by Crippen LogP contribution is 2.15. The largest absolute Gasteiger partial charge is 0.481 e. The smallest absolute Gasteiger partial charge is 0.308 e. The molecule has 0 saturated heterocycles. The van der Waals surface area contributed by atoms with Gasteiger partial charge in [-0.2, -0.15) is 0 Å². The number of carbonyl (C=O) groups excluding carboxylic acids is 4. The first-order valence-electron chi connectivity index (χ1n) is 14.2. The van der Waals surface area contributed by atoms with Crippen molar-refractivity contribution in [3.8, 4) is 5.75 Å². The lowest BCUT2D eigenvalue weighted by molar-refractivity contribution is -0.140. The number of hydrogen-bond acceptors (Lipinski definition) is 8. The molecule has 0 spiro atoms. The summed E-state index contributed by atoms with van der Waals surface area (Å²) in [4.78, 5) is 68.2. The molecular weight excluding hydrogens is 602 g/mol. The SMILES string of the molecule is CC(=O)Oc1ccc(C[C@H](N=C(C)N)C(=O)N[C@H](CCS(C)=O)C(=O)N[C@@H](Cc2ccccc2)C(=O)N(C)CCC(=O)O)cc1. The van der Waals surface area contributed by atoms with Crippen LogP contribution >= 0.6 is 0 Å². The number of carboxylic acid groups (broad SMARTS) is 1. The molecule has 2 aromatic rings. The van der Waals surface area contributed by atoms with Crippen LogP contribution < -0.4 is 21.1 Å².